The van der Waals surface area contributed by atoms with E-state index < -0.39 is 5.63 Å². The van der Waals surface area contributed by atoms with Gasteiger partial charge in [0, 0.05) is 10.9 Å². The lowest BCUT2D eigenvalue weighted by Crippen LogP contribution is -2.10. The standard InChI is InChI=1S/C18H13N3O3/c1-23-14-8-6-12(7-9-14)15-11-21(20-19-15)16-10-13-4-2-3-5-17(13)24-18(16)22/h2-11H,1H3. The van der Waals surface area contributed by atoms with Crippen LogP contribution < -0.4 is 10.4 Å². The number of ether oxygens (including phenoxy) is 1. The molecule has 2 aromatic carbocycles. The van der Waals surface area contributed by atoms with Crippen molar-refractivity contribution in [2.75, 3.05) is 7.11 Å². The Bertz CT molecular complexity index is 1060. The highest BCUT2D eigenvalue weighted by molar-refractivity contribution is 5.78. The van der Waals surface area contributed by atoms with E-state index in [1.54, 1.807) is 25.4 Å². The van der Waals surface area contributed by atoms with E-state index in [-0.39, 0.29) is 0 Å². The normalized spacial score (nSPS) is 10.9. The number of methoxy groups -OCH3 is 1. The molecule has 2 aromatic heterocycles. The molecule has 0 amide bonds. The van der Waals surface area contributed by atoms with Crippen molar-refractivity contribution in [3.8, 4) is 22.7 Å². The molecule has 0 radical (unpaired) electrons. The second-order valence-electron chi connectivity index (χ2n) is 5.23. The summed E-state index contributed by atoms with van der Waals surface area (Å²) in [7, 11) is 1.62. The van der Waals surface area contributed by atoms with Crippen molar-refractivity contribution < 1.29 is 9.15 Å². The van der Waals surface area contributed by atoms with Gasteiger partial charge in [0.2, 0.25) is 0 Å². The predicted octanol–water partition coefficient (Wildman–Crippen LogP) is 3.05. The first-order valence-electron chi connectivity index (χ1n) is 7.34. The van der Waals surface area contributed by atoms with Gasteiger partial charge in [-0.15, -0.1) is 5.10 Å². The Morgan fingerprint density at radius 3 is 2.67 bits per heavy atom. The molecule has 118 valence electrons. The van der Waals surface area contributed by atoms with Crippen molar-refractivity contribution in [2.24, 2.45) is 0 Å². The van der Waals surface area contributed by atoms with Gasteiger partial charge in [-0.25, -0.2) is 9.48 Å². The molecule has 6 heteroatoms. The molecule has 0 saturated carbocycles. The van der Waals surface area contributed by atoms with Crippen molar-refractivity contribution in [1.29, 1.82) is 0 Å². The molecule has 0 fully saturated rings. The maximum absolute atomic E-state index is 12.2. The Kier molecular flexibility index (Phi) is 3.35. The highest BCUT2D eigenvalue weighted by Gasteiger charge is 2.11. The Hall–Kier alpha value is -3.41. The van der Waals surface area contributed by atoms with Gasteiger partial charge in [-0.3, -0.25) is 0 Å². The fraction of sp³-hybridized carbons (Fsp3) is 0.0556. The van der Waals surface area contributed by atoms with Gasteiger partial charge in [0.25, 0.3) is 0 Å². The van der Waals surface area contributed by atoms with E-state index in [0.717, 1.165) is 16.7 Å². The fourth-order valence-corrected chi connectivity index (χ4v) is 2.49. The van der Waals surface area contributed by atoms with Crippen LogP contribution in [0.3, 0.4) is 0 Å². The van der Waals surface area contributed by atoms with Crippen LogP contribution in [0.2, 0.25) is 0 Å². The molecule has 0 bridgehead atoms. The van der Waals surface area contributed by atoms with Gasteiger partial charge in [-0.05, 0) is 36.4 Å². The van der Waals surface area contributed by atoms with Gasteiger partial charge in [0.05, 0.1) is 13.3 Å². The molecule has 0 aliphatic heterocycles. The molecule has 2 heterocycles. The summed E-state index contributed by atoms with van der Waals surface area (Å²) in [6, 6.07) is 16.5. The molecule has 24 heavy (non-hydrogen) atoms. The summed E-state index contributed by atoms with van der Waals surface area (Å²) in [5.41, 5.74) is 1.94. The Balaban J connectivity index is 1.76. The average molecular weight is 319 g/mol. The quantitative estimate of drug-likeness (QED) is 0.543. The Morgan fingerprint density at radius 1 is 1.08 bits per heavy atom. The lowest BCUT2D eigenvalue weighted by Gasteiger charge is -2.01. The summed E-state index contributed by atoms with van der Waals surface area (Å²) in [5.74, 6) is 0.765. The Morgan fingerprint density at radius 2 is 1.88 bits per heavy atom. The van der Waals surface area contributed by atoms with E-state index >= 15 is 0 Å². The second-order valence-corrected chi connectivity index (χ2v) is 5.23. The van der Waals surface area contributed by atoms with E-state index in [0.29, 0.717) is 17.0 Å². The van der Waals surface area contributed by atoms with Crippen LogP contribution in [0.25, 0.3) is 27.9 Å². The van der Waals surface area contributed by atoms with Gasteiger partial charge in [0.1, 0.15) is 17.0 Å². The van der Waals surface area contributed by atoms with E-state index in [1.807, 2.05) is 42.5 Å². The van der Waals surface area contributed by atoms with Crippen LogP contribution in [0.15, 0.2) is 70.0 Å². The second kappa shape index (κ2) is 5.66. The number of para-hydroxylation sites is 1. The fourth-order valence-electron chi connectivity index (χ4n) is 2.49. The summed E-state index contributed by atoms with van der Waals surface area (Å²) in [6.07, 6.45) is 1.70. The summed E-state index contributed by atoms with van der Waals surface area (Å²) in [5, 5.41) is 9.01. The monoisotopic (exact) mass is 319 g/mol. The zero-order valence-electron chi connectivity index (χ0n) is 12.8. The summed E-state index contributed by atoms with van der Waals surface area (Å²) < 4.78 is 11.9. The Labute approximate surface area is 136 Å². The number of nitrogens with zero attached hydrogens (tertiary/aromatic N) is 3. The average Bonchev–Trinajstić information content (AvgIpc) is 3.11. The maximum atomic E-state index is 12.2. The third kappa shape index (κ3) is 2.44. The first-order valence-corrected chi connectivity index (χ1v) is 7.34. The first-order chi connectivity index (χ1) is 11.7. The number of fused-ring (bicyclic) bond motifs is 1. The minimum absolute atomic E-state index is 0.320. The largest absolute Gasteiger partial charge is 0.497 e. The highest BCUT2D eigenvalue weighted by Crippen LogP contribution is 2.21. The molecular formula is C18H13N3O3. The first kappa shape index (κ1) is 14.2. The SMILES string of the molecule is COc1ccc(-c2cn(-c3cc4ccccc4oc3=O)nn2)cc1. The van der Waals surface area contributed by atoms with E-state index in [1.165, 1.54) is 4.68 Å². The molecule has 0 N–H and O–H groups in total. The molecule has 0 spiro atoms. The number of benzene rings is 2. The highest BCUT2D eigenvalue weighted by atomic mass is 16.5. The molecule has 4 rings (SSSR count). The lowest BCUT2D eigenvalue weighted by molar-refractivity contribution is 0.415. The van der Waals surface area contributed by atoms with Crippen LogP contribution in [-0.2, 0) is 0 Å². The number of aromatic nitrogens is 3. The van der Waals surface area contributed by atoms with Crippen LogP contribution in [-0.4, -0.2) is 22.1 Å². The molecule has 0 unspecified atom stereocenters. The molecule has 0 atom stereocenters. The molecule has 0 saturated heterocycles. The van der Waals surface area contributed by atoms with Crippen LogP contribution in [0.5, 0.6) is 5.75 Å². The molecule has 0 aliphatic carbocycles. The van der Waals surface area contributed by atoms with Crippen LogP contribution in [0.1, 0.15) is 0 Å². The smallest absolute Gasteiger partial charge is 0.362 e. The van der Waals surface area contributed by atoms with Crippen molar-refractivity contribution in [3.63, 3.8) is 0 Å². The predicted molar refractivity (Wildman–Crippen MR) is 89.4 cm³/mol. The summed E-state index contributed by atoms with van der Waals surface area (Å²) in [4.78, 5) is 12.2. The van der Waals surface area contributed by atoms with Crippen molar-refractivity contribution in [1.82, 2.24) is 15.0 Å². The van der Waals surface area contributed by atoms with Gasteiger partial charge in [0.15, 0.2) is 5.69 Å². The number of hydrogen-bond donors (Lipinski definition) is 0. The van der Waals surface area contributed by atoms with Gasteiger partial charge < -0.3 is 9.15 Å². The summed E-state index contributed by atoms with van der Waals surface area (Å²) >= 11 is 0. The van der Waals surface area contributed by atoms with Crippen LogP contribution in [0, 0.1) is 0 Å². The molecule has 4 aromatic rings. The molecular weight excluding hydrogens is 306 g/mol. The van der Waals surface area contributed by atoms with Crippen molar-refractivity contribution in [3.05, 3.63) is 71.2 Å². The van der Waals surface area contributed by atoms with E-state index in [4.69, 9.17) is 9.15 Å². The minimum atomic E-state index is -0.458. The zero-order chi connectivity index (χ0) is 16.5. The minimum Gasteiger partial charge on any atom is -0.497 e. The molecule has 6 nitrogen and oxygen atoms in total. The van der Waals surface area contributed by atoms with Crippen molar-refractivity contribution in [2.45, 2.75) is 0 Å². The zero-order valence-corrected chi connectivity index (χ0v) is 12.8. The third-order valence-corrected chi connectivity index (χ3v) is 3.75. The van der Waals surface area contributed by atoms with Gasteiger partial charge in [-0.2, -0.15) is 0 Å². The van der Waals surface area contributed by atoms with Crippen LogP contribution in [0.4, 0.5) is 0 Å². The number of rotatable bonds is 3. The summed E-state index contributed by atoms with van der Waals surface area (Å²) in [6.45, 7) is 0. The number of hydrogen-bond acceptors (Lipinski definition) is 5. The van der Waals surface area contributed by atoms with Gasteiger partial charge in [-0.1, -0.05) is 23.4 Å². The molecule has 0 aliphatic rings. The van der Waals surface area contributed by atoms with E-state index in [9.17, 15) is 4.79 Å². The topological polar surface area (TPSA) is 70.2 Å². The lowest BCUT2D eigenvalue weighted by atomic mass is 10.1. The van der Waals surface area contributed by atoms with Crippen molar-refractivity contribution >= 4 is 11.0 Å². The van der Waals surface area contributed by atoms with Gasteiger partial charge >= 0.3 is 5.63 Å². The third-order valence-electron chi connectivity index (χ3n) is 3.75. The van der Waals surface area contributed by atoms with E-state index in [2.05, 4.69) is 10.3 Å². The maximum Gasteiger partial charge on any atom is 0.362 e. The van der Waals surface area contributed by atoms with Crippen LogP contribution >= 0.6 is 0 Å².